The highest BCUT2D eigenvalue weighted by Gasteiger charge is 2.28. The van der Waals surface area contributed by atoms with E-state index in [1.54, 1.807) is 12.1 Å². The standard InChI is InChI=1S/C11H13F4NO/c12-10-3-1-2-9(8-10)4-5-16-6-7-17-11(13,14)15/h1-3,8,16H,4-7H2. The summed E-state index contributed by atoms with van der Waals surface area (Å²) in [4.78, 5) is 0. The summed E-state index contributed by atoms with van der Waals surface area (Å²) >= 11 is 0. The molecule has 0 saturated carbocycles. The van der Waals surface area contributed by atoms with Gasteiger partial charge in [0.1, 0.15) is 5.82 Å². The highest BCUT2D eigenvalue weighted by Crippen LogP contribution is 2.15. The molecule has 0 fully saturated rings. The minimum Gasteiger partial charge on any atom is -0.314 e. The zero-order chi connectivity index (χ0) is 12.7. The van der Waals surface area contributed by atoms with Crippen LogP contribution in [0.1, 0.15) is 5.56 Å². The van der Waals surface area contributed by atoms with Crippen LogP contribution in [-0.4, -0.2) is 26.1 Å². The van der Waals surface area contributed by atoms with E-state index in [2.05, 4.69) is 10.1 Å². The summed E-state index contributed by atoms with van der Waals surface area (Å²) in [5.41, 5.74) is 0.800. The molecular formula is C11H13F4NO. The van der Waals surface area contributed by atoms with Crippen LogP contribution >= 0.6 is 0 Å². The van der Waals surface area contributed by atoms with E-state index in [9.17, 15) is 17.6 Å². The lowest BCUT2D eigenvalue weighted by atomic mass is 10.1. The number of alkyl halides is 3. The van der Waals surface area contributed by atoms with E-state index in [4.69, 9.17) is 0 Å². The van der Waals surface area contributed by atoms with Crippen molar-refractivity contribution in [1.29, 1.82) is 0 Å². The van der Waals surface area contributed by atoms with Gasteiger partial charge >= 0.3 is 6.36 Å². The third-order valence-corrected chi connectivity index (χ3v) is 2.02. The van der Waals surface area contributed by atoms with Crippen LogP contribution < -0.4 is 5.32 Å². The van der Waals surface area contributed by atoms with Crippen LogP contribution in [0, 0.1) is 5.82 Å². The summed E-state index contributed by atoms with van der Waals surface area (Å²) < 4.78 is 51.1. The van der Waals surface area contributed by atoms with Crippen LogP contribution in [0.2, 0.25) is 0 Å². The van der Waals surface area contributed by atoms with E-state index in [1.807, 2.05) is 0 Å². The van der Waals surface area contributed by atoms with Gasteiger partial charge in [-0.05, 0) is 30.7 Å². The van der Waals surface area contributed by atoms with Gasteiger partial charge in [-0.1, -0.05) is 12.1 Å². The number of halogens is 4. The van der Waals surface area contributed by atoms with E-state index < -0.39 is 13.0 Å². The Morgan fingerprint density at radius 1 is 1.18 bits per heavy atom. The first-order valence-corrected chi connectivity index (χ1v) is 5.13. The van der Waals surface area contributed by atoms with Crippen molar-refractivity contribution < 1.29 is 22.3 Å². The van der Waals surface area contributed by atoms with Crippen molar-refractivity contribution in [3.05, 3.63) is 35.6 Å². The summed E-state index contributed by atoms with van der Waals surface area (Å²) in [7, 11) is 0. The molecule has 0 aliphatic carbocycles. The molecule has 0 aromatic heterocycles. The van der Waals surface area contributed by atoms with Crippen molar-refractivity contribution in [2.75, 3.05) is 19.7 Å². The van der Waals surface area contributed by atoms with E-state index >= 15 is 0 Å². The molecule has 6 heteroatoms. The van der Waals surface area contributed by atoms with Gasteiger partial charge in [0.15, 0.2) is 0 Å². The van der Waals surface area contributed by atoms with Crippen LogP contribution in [0.3, 0.4) is 0 Å². The quantitative estimate of drug-likeness (QED) is 0.619. The van der Waals surface area contributed by atoms with E-state index in [0.717, 1.165) is 5.56 Å². The minimum absolute atomic E-state index is 0.106. The highest BCUT2D eigenvalue weighted by molar-refractivity contribution is 5.16. The maximum absolute atomic E-state index is 12.8. The van der Waals surface area contributed by atoms with Gasteiger partial charge in [0.25, 0.3) is 0 Å². The fourth-order valence-electron chi connectivity index (χ4n) is 1.29. The fraction of sp³-hybridized carbons (Fsp3) is 0.455. The molecule has 1 rings (SSSR count). The van der Waals surface area contributed by atoms with Crippen LogP contribution in [0.4, 0.5) is 17.6 Å². The summed E-state index contributed by atoms with van der Waals surface area (Å²) in [5.74, 6) is -0.317. The van der Waals surface area contributed by atoms with Gasteiger partial charge in [-0.2, -0.15) is 0 Å². The average Bonchev–Trinajstić information content (AvgIpc) is 2.22. The maximum Gasteiger partial charge on any atom is 0.522 e. The first-order valence-electron chi connectivity index (χ1n) is 5.13. The monoisotopic (exact) mass is 251 g/mol. The second kappa shape index (κ2) is 6.56. The SMILES string of the molecule is Fc1cccc(CCNCCOC(F)(F)F)c1. The summed E-state index contributed by atoms with van der Waals surface area (Å²) in [5, 5.41) is 2.78. The van der Waals surface area contributed by atoms with Crippen molar-refractivity contribution in [3.8, 4) is 0 Å². The molecular weight excluding hydrogens is 238 g/mol. The smallest absolute Gasteiger partial charge is 0.314 e. The van der Waals surface area contributed by atoms with Crippen molar-refractivity contribution >= 4 is 0 Å². The second-order valence-electron chi connectivity index (χ2n) is 3.42. The molecule has 0 unspecified atom stereocenters. The van der Waals surface area contributed by atoms with Gasteiger partial charge < -0.3 is 5.32 Å². The third kappa shape index (κ3) is 6.91. The van der Waals surface area contributed by atoms with Gasteiger partial charge in [-0.25, -0.2) is 4.39 Å². The Morgan fingerprint density at radius 3 is 2.59 bits per heavy atom. The minimum atomic E-state index is -4.58. The molecule has 1 aromatic carbocycles. The lowest BCUT2D eigenvalue weighted by Gasteiger charge is -2.08. The lowest BCUT2D eigenvalue weighted by Crippen LogP contribution is -2.25. The Labute approximate surface area is 96.6 Å². The van der Waals surface area contributed by atoms with E-state index in [0.29, 0.717) is 13.0 Å². The van der Waals surface area contributed by atoms with Gasteiger partial charge in [0, 0.05) is 6.54 Å². The molecule has 1 aromatic rings. The molecule has 0 spiro atoms. The first kappa shape index (κ1) is 13.9. The van der Waals surface area contributed by atoms with Gasteiger partial charge in [0.2, 0.25) is 0 Å². The molecule has 0 radical (unpaired) electrons. The first-order chi connectivity index (χ1) is 7.97. The van der Waals surface area contributed by atoms with Gasteiger partial charge in [0.05, 0.1) is 6.61 Å². The molecule has 17 heavy (non-hydrogen) atoms. The largest absolute Gasteiger partial charge is 0.522 e. The highest BCUT2D eigenvalue weighted by atomic mass is 19.4. The fourth-order valence-corrected chi connectivity index (χ4v) is 1.29. The molecule has 0 atom stereocenters. The molecule has 0 bridgehead atoms. The third-order valence-electron chi connectivity index (χ3n) is 2.02. The van der Waals surface area contributed by atoms with E-state index in [1.165, 1.54) is 12.1 Å². The zero-order valence-corrected chi connectivity index (χ0v) is 9.06. The average molecular weight is 251 g/mol. The Bertz CT molecular complexity index is 340. The van der Waals surface area contributed by atoms with Crippen molar-refractivity contribution in [1.82, 2.24) is 5.32 Å². The topological polar surface area (TPSA) is 21.3 Å². The predicted molar refractivity (Wildman–Crippen MR) is 55.0 cm³/mol. The Balaban J connectivity index is 2.09. The Morgan fingerprint density at radius 2 is 1.94 bits per heavy atom. The van der Waals surface area contributed by atoms with Gasteiger partial charge in [-0.3, -0.25) is 4.74 Å². The summed E-state index contributed by atoms with van der Waals surface area (Å²) in [6, 6.07) is 6.09. The van der Waals surface area contributed by atoms with Crippen molar-refractivity contribution in [3.63, 3.8) is 0 Å². The zero-order valence-electron chi connectivity index (χ0n) is 9.06. The van der Waals surface area contributed by atoms with E-state index in [-0.39, 0.29) is 12.4 Å². The molecule has 0 aliphatic heterocycles. The molecule has 2 nitrogen and oxygen atoms in total. The molecule has 96 valence electrons. The number of ether oxygens (including phenoxy) is 1. The number of rotatable bonds is 6. The second-order valence-corrected chi connectivity index (χ2v) is 3.42. The molecule has 1 N–H and O–H groups in total. The van der Waals surface area contributed by atoms with Gasteiger partial charge in [-0.15, -0.1) is 13.2 Å². The predicted octanol–water partition coefficient (Wildman–Crippen LogP) is 2.49. The lowest BCUT2D eigenvalue weighted by molar-refractivity contribution is -0.323. The van der Waals surface area contributed by atoms with Crippen LogP contribution in [0.15, 0.2) is 24.3 Å². The van der Waals surface area contributed by atoms with Crippen LogP contribution in [0.5, 0.6) is 0 Å². The molecule has 0 aliphatic rings. The normalized spacial score (nSPS) is 11.8. The Kier molecular flexibility index (Phi) is 5.37. The Hall–Kier alpha value is -1.14. The number of benzene rings is 1. The van der Waals surface area contributed by atoms with Crippen LogP contribution in [0.25, 0.3) is 0 Å². The number of hydrogen-bond donors (Lipinski definition) is 1. The molecule has 0 saturated heterocycles. The molecule has 0 amide bonds. The van der Waals surface area contributed by atoms with Crippen LogP contribution in [-0.2, 0) is 11.2 Å². The maximum atomic E-state index is 12.8. The van der Waals surface area contributed by atoms with Crippen molar-refractivity contribution in [2.24, 2.45) is 0 Å². The summed E-state index contributed by atoms with van der Waals surface area (Å²) in [6.07, 6.45) is -4.02. The number of nitrogens with one attached hydrogen (secondary N) is 1. The number of hydrogen-bond acceptors (Lipinski definition) is 2. The summed E-state index contributed by atoms with van der Waals surface area (Å²) in [6.45, 7) is 0.159. The molecule has 0 heterocycles. The van der Waals surface area contributed by atoms with Crippen molar-refractivity contribution in [2.45, 2.75) is 12.8 Å².